The quantitative estimate of drug-likeness (QED) is 0.718. The van der Waals surface area contributed by atoms with Gasteiger partial charge >= 0.3 is 5.76 Å². The first kappa shape index (κ1) is 15.6. The second kappa shape index (κ2) is 5.81. The van der Waals surface area contributed by atoms with E-state index in [-0.39, 0.29) is 17.3 Å². The van der Waals surface area contributed by atoms with Crippen molar-refractivity contribution >= 4 is 10.0 Å². The molecule has 1 heterocycles. The van der Waals surface area contributed by atoms with Gasteiger partial charge in [-0.15, -0.1) is 0 Å². The molecule has 0 unspecified atom stereocenters. The Morgan fingerprint density at radius 2 is 1.75 bits per heavy atom. The molecule has 0 aromatic heterocycles. The third kappa shape index (κ3) is 3.89. The summed E-state index contributed by atoms with van der Waals surface area (Å²) in [5, 5.41) is 0. The highest BCUT2D eigenvalue weighted by Crippen LogP contribution is 2.29. The average molecular weight is 265 g/mol. The highest BCUT2D eigenvalue weighted by atomic mass is 32.2. The van der Waals surface area contributed by atoms with E-state index in [9.17, 15) is 26.0 Å². The average Bonchev–Trinajstić information content (AvgIpc) is 2.19. The first-order valence-corrected chi connectivity index (χ1v) is 6.41. The van der Waals surface area contributed by atoms with E-state index >= 15 is 0 Å². The molecule has 0 bridgehead atoms. The maximum atomic E-state index is 12.7. The SMILES string of the molecule is CC.O=S(=O)(C(F)F)N1CCCC(F)(F)C1. The number of nitrogens with zero attached hydrogens (tertiary/aromatic N) is 1. The summed E-state index contributed by atoms with van der Waals surface area (Å²) < 4.78 is 71.1. The molecule has 0 N–H and O–H groups in total. The summed E-state index contributed by atoms with van der Waals surface area (Å²) in [4.78, 5) is 0. The number of hydrogen-bond acceptors (Lipinski definition) is 2. The van der Waals surface area contributed by atoms with Crippen LogP contribution in [0.25, 0.3) is 0 Å². The molecule has 1 rings (SSSR count). The van der Waals surface area contributed by atoms with Gasteiger partial charge in [0.1, 0.15) is 0 Å². The van der Waals surface area contributed by atoms with Gasteiger partial charge in [-0.2, -0.15) is 13.1 Å². The molecular weight excluding hydrogens is 250 g/mol. The van der Waals surface area contributed by atoms with Crippen LogP contribution in [0.15, 0.2) is 0 Å². The first-order valence-electron chi connectivity index (χ1n) is 4.91. The summed E-state index contributed by atoms with van der Waals surface area (Å²) in [6, 6.07) is 0. The lowest BCUT2D eigenvalue weighted by Crippen LogP contribution is -2.47. The minimum Gasteiger partial charge on any atom is -0.206 e. The largest absolute Gasteiger partial charge is 0.350 e. The van der Waals surface area contributed by atoms with Crippen LogP contribution in [0.4, 0.5) is 17.6 Å². The lowest BCUT2D eigenvalue weighted by Gasteiger charge is -2.31. The topological polar surface area (TPSA) is 37.4 Å². The summed E-state index contributed by atoms with van der Waals surface area (Å²) in [6.45, 7) is 2.60. The number of piperidine rings is 1. The number of hydrogen-bond donors (Lipinski definition) is 0. The summed E-state index contributed by atoms with van der Waals surface area (Å²) >= 11 is 0. The standard InChI is InChI=1S/C6H9F4NO2S.C2H6/c7-5(8)14(12,13)11-3-1-2-6(9,10)4-11;1-2/h5H,1-4H2;1-2H3. The van der Waals surface area contributed by atoms with Gasteiger partial charge in [0.15, 0.2) is 0 Å². The molecule has 0 saturated carbocycles. The second-order valence-corrected chi connectivity index (χ2v) is 5.00. The Morgan fingerprint density at radius 3 is 2.12 bits per heavy atom. The second-order valence-electron chi connectivity index (χ2n) is 3.10. The van der Waals surface area contributed by atoms with E-state index in [0.717, 1.165) is 0 Å². The number of alkyl halides is 4. The van der Waals surface area contributed by atoms with Gasteiger partial charge in [-0.25, -0.2) is 17.2 Å². The van der Waals surface area contributed by atoms with Crippen molar-refractivity contribution < 1.29 is 26.0 Å². The zero-order valence-electron chi connectivity index (χ0n) is 9.09. The highest BCUT2D eigenvalue weighted by Gasteiger charge is 2.42. The molecule has 0 atom stereocenters. The van der Waals surface area contributed by atoms with E-state index in [1.54, 1.807) is 0 Å². The van der Waals surface area contributed by atoms with Gasteiger partial charge in [-0.1, -0.05) is 13.8 Å². The zero-order chi connectivity index (χ0) is 13.0. The smallest absolute Gasteiger partial charge is 0.206 e. The maximum Gasteiger partial charge on any atom is 0.350 e. The fourth-order valence-corrected chi connectivity index (χ4v) is 2.24. The zero-order valence-corrected chi connectivity index (χ0v) is 9.91. The van der Waals surface area contributed by atoms with Crippen LogP contribution in [0.1, 0.15) is 26.7 Å². The summed E-state index contributed by atoms with van der Waals surface area (Å²) in [6.07, 6.45) is -0.554. The Kier molecular flexibility index (Phi) is 5.67. The van der Waals surface area contributed by atoms with Gasteiger partial charge < -0.3 is 0 Å². The molecule has 1 saturated heterocycles. The Hall–Kier alpha value is -0.370. The Morgan fingerprint density at radius 1 is 1.25 bits per heavy atom. The van der Waals surface area contributed by atoms with Crippen molar-refractivity contribution in [3.63, 3.8) is 0 Å². The lowest BCUT2D eigenvalue weighted by molar-refractivity contribution is -0.0444. The van der Waals surface area contributed by atoms with Crippen LogP contribution in [-0.4, -0.2) is 37.5 Å². The van der Waals surface area contributed by atoms with Crippen molar-refractivity contribution in [2.24, 2.45) is 0 Å². The maximum absolute atomic E-state index is 12.7. The summed E-state index contributed by atoms with van der Waals surface area (Å²) in [5.41, 5.74) is 0. The third-order valence-electron chi connectivity index (χ3n) is 1.94. The minimum atomic E-state index is -4.85. The monoisotopic (exact) mass is 265 g/mol. The van der Waals surface area contributed by atoms with Crippen LogP contribution in [0.5, 0.6) is 0 Å². The van der Waals surface area contributed by atoms with Crippen LogP contribution in [0, 0.1) is 0 Å². The Balaban J connectivity index is 0.00000106. The predicted molar refractivity (Wildman–Crippen MR) is 52.0 cm³/mol. The van der Waals surface area contributed by atoms with E-state index in [1.807, 2.05) is 13.8 Å². The van der Waals surface area contributed by atoms with E-state index in [1.165, 1.54) is 0 Å². The van der Waals surface area contributed by atoms with Crippen molar-refractivity contribution in [2.45, 2.75) is 38.4 Å². The number of rotatable bonds is 2. The molecule has 0 radical (unpaired) electrons. The van der Waals surface area contributed by atoms with E-state index in [4.69, 9.17) is 0 Å². The fraction of sp³-hybridized carbons (Fsp3) is 1.00. The molecule has 0 aromatic carbocycles. The minimum absolute atomic E-state index is 0.0983. The molecule has 1 fully saturated rings. The van der Waals surface area contributed by atoms with E-state index in [0.29, 0.717) is 0 Å². The number of halogens is 4. The Labute approximate surface area is 92.5 Å². The van der Waals surface area contributed by atoms with Gasteiger partial charge in [0.05, 0.1) is 6.54 Å². The van der Waals surface area contributed by atoms with Crippen molar-refractivity contribution in [1.82, 2.24) is 4.31 Å². The molecule has 98 valence electrons. The molecule has 0 amide bonds. The van der Waals surface area contributed by atoms with Crippen LogP contribution in [0.3, 0.4) is 0 Å². The molecule has 1 aliphatic heterocycles. The molecule has 0 spiro atoms. The van der Waals surface area contributed by atoms with Gasteiger partial charge in [0.2, 0.25) is 0 Å². The van der Waals surface area contributed by atoms with Crippen LogP contribution >= 0.6 is 0 Å². The lowest BCUT2D eigenvalue weighted by atomic mass is 10.1. The van der Waals surface area contributed by atoms with Crippen molar-refractivity contribution in [1.29, 1.82) is 0 Å². The molecule has 0 aliphatic carbocycles. The van der Waals surface area contributed by atoms with Gasteiger partial charge in [-0.05, 0) is 6.42 Å². The normalized spacial score (nSPS) is 21.4. The summed E-state index contributed by atoms with van der Waals surface area (Å²) in [5.74, 6) is -6.82. The molecule has 8 heteroatoms. The van der Waals surface area contributed by atoms with Crippen LogP contribution in [0.2, 0.25) is 0 Å². The van der Waals surface area contributed by atoms with Crippen molar-refractivity contribution in [3.05, 3.63) is 0 Å². The fourth-order valence-electron chi connectivity index (χ4n) is 1.26. The molecule has 0 aromatic rings. The molecule has 16 heavy (non-hydrogen) atoms. The molecule has 3 nitrogen and oxygen atoms in total. The number of sulfonamides is 1. The molecular formula is C8H15F4NO2S. The van der Waals surface area contributed by atoms with Crippen molar-refractivity contribution in [3.8, 4) is 0 Å². The van der Waals surface area contributed by atoms with Gasteiger partial charge in [0.25, 0.3) is 15.9 Å². The van der Waals surface area contributed by atoms with Gasteiger partial charge in [-0.3, -0.25) is 0 Å². The molecule has 1 aliphatic rings. The highest BCUT2D eigenvalue weighted by molar-refractivity contribution is 7.89. The van der Waals surface area contributed by atoms with Gasteiger partial charge in [0, 0.05) is 13.0 Å². The predicted octanol–water partition coefficient (Wildman–Crippen LogP) is 2.30. The summed E-state index contributed by atoms with van der Waals surface area (Å²) in [7, 11) is -4.85. The first-order chi connectivity index (χ1) is 7.26. The Bertz CT molecular complexity index is 305. The van der Waals surface area contributed by atoms with Crippen LogP contribution < -0.4 is 0 Å². The third-order valence-corrected chi connectivity index (χ3v) is 3.42. The van der Waals surface area contributed by atoms with E-state index < -0.39 is 34.7 Å². The van der Waals surface area contributed by atoms with Crippen LogP contribution in [-0.2, 0) is 10.0 Å². The van der Waals surface area contributed by atoms with E-state index in [2.05, 4.69) is 0 Å². The van der Waals surface area contributed by atoms with Crippen molar-refractivity contribution in [2.75, 3.05) is 13.1 Å².